The van der Waals surface area contributed by atoms with E-state index in [1.165, 1.54) is 7.11 Å². The van der Waals surface area contributed by atoms with Crippen molar-refractivity contribution >= 4 is 11.9 Å². The van der Waals surface area contributed by atoms with E-state index in [1.54, 1.807) is 24.5 Å². The Morgan fingerprint density at radius 2 is 1.79 bits per heavy atom. The van der Waals surface area contributed by atoms with E-state index in [0.717, 1.165) is 26.2 Å². The molecule has 156 valence electrons. The van der Waals surface area contributed by atoms with E-state index in [1.807, 2.05) is 0 Å². The normalized spacial score (nSPS) is 17.9. The molecule has 8 heteroatoms. The quantitative estimate of drug-likeness (QED) is 0.584. The number of pyridine rings is 1. The van der Waals surface area contributed by atoms with Gasteiger partial charge >= 0.3 is 5.97 Å². The first-order chi connectivity index (χ1) is 13.4. The molecule has 0 saturated carbocycles. The fraction of sp³-hybridized carbons (Fsp3) is 0.650. The summed E-state index contributed by atoms with van der Waals surface area (Å²) >= 11 is 0. The largest absolute Gasteiger partial charge is 0.469 e. The Bertz CT molecular complexity index is 618. The van der Waals surface area contributed by atoms with Crippen molar-refractivity contribution < 1.29 is 19.4 Å². The maximum absolute atomic E-state index is 12.2. The molecule has 0 unspecified atom stereocenters. The van der Waals surface area contributed by atoms with Gasteiger partial charge in [0.1, 0.15) is 0 Å². The maximum atomic E-state index is 12.2. The number of hydrogen-bond donors (Lipinski definition) is 2. The van der Waals surface area contributed by atoms with Crippen molar-refractivity contribution in [1.29, 1.82) is 0 Å². The average Bonchev–Trinajstić information content (AvgIpc) is 2.71. The SMILES string of the molecule is COC(=O)[C@@H](CN1CCN(CC(=O)NCC(C)C)CC1)[C@@H](O)c1ccncc1. The van der Waals surface area contributed by atoms with Crippen LogP contribution in [-0.4, -0.2) is 84.7 Å². The highest BCUT2D eigenvalue weighted by atomic mass is 16.5. The van der Waals surface area contributed by atoms with Gasteiger partial charge in [-0.05, 0) is 23.6 Å². The minimum Gasteiger partial charge on any atom is -0.469 e. The first-order valence-corrected chi connectivity index (χ1v) is 9.78. The Morgan fingerprint density at radius 3 is 2.36 bits per heavy atom. The molecule has 0 radical (unpaired) electrons. The Hall–Kier alpha value is -2.03. The second kappa shape index (κ2) is 11.1. The predicted octanol–water partition coefficient (Wildman–Crippen LogP) is 0.294. The molecule has 1 aliphatic rings. The van der Waals surface area contributed by atoms with Gasteiger partial charge in [-0.1, -0.05) is 13.8 Å². The van der Waals surface area contributed by atoms with E-state index in [2.05, 4.69) is 33.9 Å². The van der Waals surface area contributed by atoms with Crippen molar-refractivity contribution in [3.8, 4) is 0 Å². The Balaban J connectivity index is 1.86. The molecular weight excluding hydrogens is 360 g/mol. The standard InChI is InChI=1S/C20H32N4O4/c1-15(2)12-22-18(25)14-24-10-8-23(9-11-24)13-17(20(27)28-3)19(26)16-4-6-21-7-5-16/h4-7,15,17,19,26H,8-14H2,1-3H3,(H,22,25)/t17-,19-/m0/s1. The van der Waals surface area contributed by atoms with E-state index >= 15 is 0 Å². The van der Waals surface area contributed by atoms with Gasteiger partial charge in [0.05, 0.1) is 25.7 Å². The molecule has 0 bridgehead atoms. The second-order valence-electron chi connectivity index (χ2n) is 7.63. The molecule has 28 heavy (non-hydrogen) atoms. The number of aromatic nitrogens is 1. The van der Waals surface area contributed by atoms with Crippen LogP contribution in [-0.2, 0) is 14.3 Å². The van der Waals surface area contributed by atoms with Crippen LogP contribution < -0.4 is 5.32 Å². The van der Waals surface area contributed by atoms with E-state index in [4.69, 9.17) is 4.74 Å². The monoisotopic (exact) mass is 392 g/mol. The number of methoxy groups -OCH3 is 1. The van der Waals surface area contributed by atoms with Gasteiger partial charge in [-0.25, -0.2) is 0 Å². The zero-order valence-electron chi connectivity index (χ0n) is 17.0. The maximum Gasteiger partial charge on any atom is 0.312 e. The third-order valence-corrected chi connectivity index (χ3v) is 4.93. The highest BCUT2D eigenvalue weighted by Crippen LogP contribution is 2.24. The van der Waals surface area contributed by atoms with E-state index in [9.17, 15) is 14.7 Å². The first-order valence-electron chi connectivity index (χ1n) is 9.78. The van der Waals surface area contributed by atoms with Gasteiger partial charge < -0.3 is 15.2 Å². The molecule has 0 aromatic carbocycles. The van der Waals surface area contributed by atoms with Gasteiger partial charge in [-0.3, -0.25) is 24.4 Å². The minimum atomic E-state index is -0.949. The van der Waals surface area contributed by atoms with Crippen LogP contribution in [0, 0.1) is 11.8 Å². The number of aliphatic hydroxyl groups is 1. The molecule has 2 N–H and O–H groups in total. The summed E-state index contributed by atoms with van der Waals surface area (Å²) in [6.07, 6.45) is 2.24. The summed E-state index contributed by atoms with van der Waals surface area (Å²) in [5.74, 6) is -0.626. The Labute approximate surface area is 166 Å². The van der Waals surface area contributed by atoms with Crippen LogP contribution in [0.3, 0.4) is 0 Å². The lowest BCUT2D eigenvalue weighted by Crippen LogP contribution is -2.51. The third kappa shape index (κ3) is 6.85. The molecule has 1 amide bonds. The van der Waals surface area contributed by atoms with Crippen LogP contribution in [0.25, 0.3) is 0 Å². The number of ether oxygens (including phenoxy) is 1. The number of amides is 1. The summed E-state index contributed by atoms with van der Waals surface area (Å²) in [6.45, 7) is 8.57. The lowest BCUT2D eigenvalue weighted by atomic mass is 9.95. The number of carbonyl (C=O) groups excluding carboxylic acids is 2. The molecule has 1 fully saturated rings. The fourth-order valence-electron chi connectivity index (χ4n) is 3.23. The molecule has 2 rings (SSSR count). The molecule has 0 spiro atoms. The number of esters is 1. The van der Waals surface area contributed by atoms with Gasteiger partial charge in [0, 0.05) is 51.7 Å². The molecule has 0 aliphatic carbocycles. The Kier molecular flexibility index (Phi) is 8.82. The van der Waals surface area contributed by atoms with Gasteiger partial charge in [0.25, 0.3) is 0 Å². The molecule has 2 atom stereocenters. The molecule has 2 heterocycles. The summed E-state index contributed by atoms with van der Waals surface area (Å²) < 4.78 is 4.91. The van der Waals surface area contributed by atoms with Crippen LogP contribution in [0.5, 0.6) is 0 Å². The number of nitrogens with one attached hydrogen (secondary N) is 1. The second-order valence-corrected chi connectivity index (χ2v) is 7.63. The number of piperazine rings is 1. The third-order valence-electron chi connectivity index (χ3n) is 4.93. The van der Waals surface area contributed by atoms with Crippen LogP contribution >= 0.6 is 0 Å². The molecule has 8 nitrogen and oxygen atoms in total. The van der Waals surface area contributed by atoms with Crippen LogP contribution in [0.2, 0.25) is 0 Å². The number of nitrogens with zero attached hydrogens (tertiary/aromatic N) is 3. The lowest BCUT2D eigenvalue weighted by molar-refractivity contribution is -0.151. The predicted molar refractivity (Wildman–Crippen MR) is 105 cm³/mol. The number of carbonyl (C=O) groups is 2. The van der Waals surface area contributed by atoms with Crippen LogP contribution in [0.15, 0.2) is 24.5 Å². The summed E-state index contributed by atoms with van der Waals surface area (Å²) in [4.78, 5) is 32.4. The molecular formula is C20H32N4O4. The van der Waals surface area contributed by atoms with Crippen molar-refractivity contribution in [2.24, 2.45) is 11.8 Å². The lowest BCUT2D eigenvalue weighted by Gasteiger charge is -2.36. The number of aliphatic hydroxyl groups excluding tert-OH is 1. The van der Waals surface area contributed by atoms with Crippen molar-refractivity contribution in [3.05, 3.63) is 30.1 Å². The van der Waals surface area contributed by atoms with Crippen molar-refractivity contribution in [3.63, 3.8) is 0 Å². The minimum absolute atomic E-state index is 0.0442. The van der Waals surface area contributed by atoms with Gasteiger partial charge in [0.15, 0.2) is 0 Å². The molecule has 1 aliphatic heterocycles. The van der Waals surface area contributed by atoms with Crippen molar-refractivity contribution in [1.82, 2.24) is 20.1 Å². The number of hydrogen-bond acceptors (Lipinski definition) is 7. The zero-order chi connectivity index (χ0) is 20.5. The van der Waals surface area contributed by atoms with Crippen LogP contribution in [0.1, 0.15) is 25.5 Å². The van der Waals surface area contributed by atoms with Crippen molar-refractivity contribution in [2.75, 3.05) is 52.9 Å². The van der Waals surface area contributed by atoms with Gasteiger partial charge in [-0.2, -0.15) is 0 Å². The molecule has 1 aromatic rings. The highest BCUT2D eigenvalue weighted by Gasteiger charge is 2.32. The number of rotatable bonds is 9. The van der Waals surface area contributed by atoms with Gasteiger partial charge in [-0.15, -0.1) is 0 Å². The summed E-state index contributed by atoms with van der Waals surface area (Å²) in [6, 6.07) is 3.41. The van der Waals surface area contributed by atoms with E-state index in [-0.39, 0.29) is 5.91 Å². The average molecular weight is 393 g/mol. The smallest absolute Gasteiger partial charge is 0.312 e. The topological polar surface area (TPSA) is 95.0 Å². The molecule has 1 aromatic heterocycles. The highest BCUT2D eigenvalue weighted by molar-refractivity contribution is 5.78. The van der Waals surface area contributed by atoms with E-state index in [0.29, 0.717) is 31.1 Å². The fourth-order valence-corrected chi connectivity index (χ4v) is 3.23. The van der Waals surface area contributed by atoms with E-state index < -0.39 is 18.0 Å². The van der Waals surface area contributed by atoms with Gasteiger partial charge in [0.2, 0.25) is 5.91 Å². The molecule has 1 saturated heterocycles. The summed E-state index contributed by atoms with van der Waals surface area (Å²) in [5.41, 5.74) is 0.644. The first kappa shape index (κ1) is 22.3. The summed E-state index contributed by atoms with van der Waals surface area (Å²) in [5, 5.41) is 13.6. The van der Waals surface area contributed by atoms with Crippen molar-refractivity contribution in [2.45, 2.75) is 20.0 Å². The Morgan fingerprint density at radius 1 is 1.18 bits per heavy atom. The summed E-state index contributed by atoms with van der Waals surface area (Å²) in [7, 11) is 1.34. The zero-order valence-corrected chi connectivity index (χ0v) is 17.0. The van der Waals surface area contributed by atoms with Crippen LogP contribution in [0.4, 0.5) is 0 Å².